The first-order chi connectivity index (χ1) is 10.4. The van der Waals surface area contributed by atoms with Crippen molar-refractivity contribution >= 4 is 11.3 Å². The van der Waals surface area contributed by atoms with Crippen LogP contribution in [-0.4, -0.2) is 47.9 Å². The highest BCUT2D eigenvalue weighted by Crippen LogP contribution is 2.33. The van der Waals surface area contributed by atoms with Crippen LogP contribution in [0.4, 0.5) is 0 Å². The van der Waals surface area contributed by atoms with Gasteiger partial charge in [-0.2, -0.15) is 0 Å². The lowest BCUT2D eigenvalue weighted by atomic mass is 9.99. The Morgan fingerprint density at radius 2 is 2.19 bits per heavy atom. The van der Waals surface area contributed by atoms with Gasteiger partial charge in [0.25, 0.3) is 0 Å². The summed E-state index contributed by atoms with van der Waals surface area (Å²) in [5.41, 5.74) is 0. The number of hydrogen-bond donors (Lipinski definition) is 0. The van der Waals surface area contributed by atoms with Gasteiger partial charge in [-0.15, -0.1) is 11.3 Å². The molecule has 3 aliphatic rings. The quantitative estimate of drug-likeness (QED) is 0.809. The summed E-state index contributed by atoms with van der Waals surface area (Å²) in [6.07, 6.45) is 8.91. The summed E-state index contributed by atoms with van der Waals surface area (Å²) in [5.74, 6) is 0.849. The maximum atomic E-state index is 6.28. The monoisotopic (exact) mass is 308 g/mol. The molecule has 4 rings (SSSR count). The van der Waals surface area contributed by atoms with Crippen LogP contribution >= 0.6 is 11.3 Å². The molecule has 0 radical (unpaired) electrons. The van der Waals surface area contributed by atoms with E-state index in [1.54, 1.807) is 11.3 Å². The van der Waals surface area contributed by atoms with Crippen LogP contribution in [0.5, 0.6) is 0 Å². The number of hydrogen-bond acceptors (Lipinski definition) is 5. The highest BCUT2D eigenvalue weighted by molar-refractivity contribution is 7.09. The third kappa shape index (κ3) is 3.47. The van der Waals surface area contributed by atoms with Crippen molar-refractivity contribution in [1.82, 2.24) is 9.88 Å². The Morgan fingerprint density at radius 3 is 3.00 bits per heavy atom. The van der Waals surface area contributed by atoms with E-state index >= 15 is 0 Å². The first-order valence-electron chi connectivity index (χ1n) is 8.24. The van der Waals surface area contributed by atoms with E-state index in [1.807, 2.05) is 6.20 Å². The molecule has 0 aromatic carbocycles. The fourth-order valence-corrected chi connectivity index (χ4v) is 4.20. The van der Waals surface area contributed by atoms with Crippen LogP contribution in [0.1, 0.15) is 37.1 Å². The van der Waals surface area contributed by atoms with Crippen LogP contribution < -0.4 is 0 Å². The van der Waals surface area contributed by atoms with Crippen LogP contribution in [0.3, 0.4) is 0 Å². The lowest BCUT2D eigenvalue weighted by Crippen LogP contribution is -2.43. The number of rotatable bonds is 6. The molecule has 2 aliphatic heterocycles. The molecular formula is C16H24N2O2S. The zero-order chi connectivity index (χ0) is 14.1. The predicted molar refractivity (Wildman–Crippen MR) is 82.4 cm³/mol. The van der Waals surface area contributed by atoms with Crippen molar-refractivity contribution < 1.29 is 9.47 Å². The second kappa shape index (κ2) is 6.32. The molecule has 3 heterocycles. The van der Waals surface area contributed by atoms with Gasteiger partial charge in [0.1, 0.15) is 5.01 Å². The number of thiazole rings is 1. The minimum absolute atomic E-state index is 0.324. The summed E-state index contributed by atoms with van der Waals surface area (Å²) in [5, 5.41) is 3.29. The van der Waals surface area contributed by atoms with Gasteiger partial charge in [-0.1, -0.05) is 0 Å². The maximum Gasteiger partial charge on any atom is 0.107 e. The van der Waals surface area contributed by atoms with E-state index in [9.17, 15) is 0 Å². The summed E-state index contributed by atoms with van der Waals surface area (Å²) >= 11 is 1.76. The van der Waals surface area contributed by atoms with Gasteiger partial charge in [-0.25, -0.2) is 4.98 Å². The molecule has 2 saturated heterocycles. The highest BCUT2D eigenvalue weighted by Gasteiger charge is 2.40. The van der Waals surface area contributed by atoms with Crippen molar-refractivity contribution in [3.63, 3.8) is 0 Å². The van der Waals surface area contributed by atoms with Crippen LogP contribution in [0, 0.1) is 5.92 Å². The van der Waals surface area contributed by atoms with E-state index in [-0.39, 0.29) is 0 Å². The van der Waals surface area contributed by atoms with E-state index in [2.05, 4.69) is 15.3 Å². The smallest absolute Gasteiger partial charge is 0.107 e. The number of ether oxygens (including phenoxy) is 2. The van der Waals surface area contributed by atoms with Gasteiger partial charge < -0.3 is 9.47 Å². The first-order valence-corrected chi connectivity index (χ1v) is 9.12. The average Bonchev–Trinajstić information content (AvgIpc) is 3.03. The molecular weight excluding hydrogens is 284 g/mol. The van der Waals surface area contributed by atoms with Gasteiger partial charge in [0.05, 0.1) is 25.4 Å². The Bertz CT molecular complexity index is 449. The molecule has 21 heavy (non-hydrogen) atoms. The second-order valence-electron chi connectivity index (χ2n) is 6.61. The molecule has 5 heteroatoms. The number of nitrogens with zero attached hydrogens (tertiary/aromatic N) is 2. The van der Waals surface area contributed by atoms with Crippen LogP contribution in [-0.2, 0) is 16.0 Å². The molecule has 4 nitrogen and oxygen atoms in total. The number of fused-ring (bicyclic) bond motifs is 1. The van der Waals surface area contributed by atoms with Crippen molar-refractivity contribution in [3.05, 3.63) is 16.6 Å². The van der Waals surface area contributed by atoms with Gasteiger partial charge >= 0.3 is 0 Å². The van der Waals surface area contributed by atoms with Crippen molar-refractivity contribution in [2.24, 2.45) is 5.92 Å². The van der Waals surface area contributed by atoms with Crippen molar-refractivity contribution in [2.75, 3.05) is 19.8 Å². The molecule has 0 amide bonds. The summed E-state index contributed by atoms with van der Waals surface area (Å²) in [4.78, 5) is 6.97. The summed E-state index contributed by atoms with van der Waals surface area (Å²) in [6, 6.07) is 0.591. The van der Waals surface area contributed by atoms with E-state index in [0.29, 0.717) is 18.2 Å². The SMILES string of the molecule is c1csc(CN2CC[C@H]3O[C@H](COCC4CC4)CC[C@H]32)n1. The zero-order valence-corrected chi connectivity index (χ0v) is 13.3. The molecule has 1 aliphatic carbocycles. The maximum absolute atomic E-state index is 6.28. The molecule has 0 spiro atoms. The average molecular weight is 308 g/mol. The molecule has 1 aromatic rings. The van der Waals surface area contributed by atoms with Crippen LogP contribution in [0.25, 0.3) is 0 Å². The van der Waals surface area contributed by atoms with E-state index in [0.717, 1.165) is 45.1 Å². The Morgan fingerprint density at radius 1 is 1.24 bits per heavy atom. The lowest BCUT2D eigenvalue weighted by molar-refractivity contribution is -0.101. The third-order valence-electron chi connectivity index (χ3n) is 4.93. The molecule has 0 N–H and O–H groups in total. The highest BCUT2D eigenvalue weighted by atomic mass is 32.1. The third-order valence-corrected chi connectivity index (χ3v) is 5.69. The van der Waals surface area contributed by atoms with Gasteiger partial charge in [0.2, 0.25) is 0 Å². The Labute approximate surface area is 130 Å². The second-order valence-corrected chi connectivity index (χ2v) is 7.59. The van der Waals surface area contributed by atoms with Crippen molar-refractivity contribution in [3.8, 4) is 0 Å². The van der Waals surface area contributed by atoms with Gasteiger partial charge in [-0.05, 0) is 38.0 Å². The molecule has 0 unspecified atom stereocenters. The topological polar surface area (TPSA) is 34.6 Å². The minimum Gasteiger partial charge on any atom is -0.378 e. The Balaban J connectivity index is 1.25. The molecule has 116 valence electrons. The first kappa shape index (κ1) is 14.1. The fourth-order valence-electron chi connectivity index (χ4n) is 3.56. The normalized spacial score (nSPS) is 33.2. The largest absolute Gasteiger partial charge is 0.378 e. The molecule has 1 aromatic heterocycles. The standard InChI is InChI=1S/C16H24N2O2S/c1-2-12(1)10-19-11-13-3-4-14-15(20-13)5-7-18(14)9-16-17-6-8-21-16/h6,8,12-15H,1-5,7,9-11H2/t13-,14+,15+/m0/s1. The lowest BCUT2D eigenvalue weighted by Gasteiger charge is -2.35. The van der Waals surface area contributed by atoms with Crippen LogP contribution in [0.2, 0.25) is 0 Å². The minimum atomic E-state index is 0.324. The van der Waals surface area contributed by atoms with Gasteiger partial charge in [0, 0.05) is 30.8 Å². The molecule has 3 atom stereocenters. The van der Waals surface area contributed by atoms with Crippen LogP contribution in [0.15, 0.2) is 11.6 Å². The van der Waals surface area contributed by atoms with E-state index in [4.69, 9.17) is 9.47 Å². The molecule has 0 bridgehead atoms. The van der Waals surface area contributed by atoms with E-state index < -0.39 is 0 Å². The van der Waals surface area contributed by atoms with Crippen molar-refractivity contribution in [2.45, 2.75) is 56.9 Å². The molecule has 3 fully saturated rings. The Hall–Kier alpha value is -0.490. The predicted octanol–water partition coefficient (Wildman–Crippen LogP) is 2.69. The van der Waals surface area contributed by atoms with Crippen molar-refractivity contribution in [1.29, 1.82) is 0 Å². The zero-order valence-electron chi connectivity index (χ0n) is 12.4. The van der Waals surface area contributed by atoms with E-state index in [1.165, 1.54) is 24.3 Å². The van der Waals surface area contributed by atoms with Gasteiger partial charge in [-0.3, -0.25) is 4.90 Å². The van der Waals surface area contributed by atoms with Gasteiger partial charge in [0.15, 0.2) is 0 Å². The number of likely N-dealkylation sites (tertiary alicyclic amines) is 1. The Kier molecular flexibility index (Phi) is 4.25. The number of aromatic nitrogens is 1. The molecule has 1 saturated carbocycles. The summed E-state index contributed by atoms with van der Waals surface area (Å²) in [7, 11) is 0. The summed E-state index contributed by atoms with van der Waals surface area (Å²) < 4.78 is 12.1. The fraction of sp³-hybridized carbons (Fsp3) is 0.812. The summed E-state index contributed by atoms with van der Waals surface area (Å²) in [6.45, 7) is 3.88.